The van der Waals surface area contributed by atoms with Crippen LogP contribution in [0.15, 0.2) is 24.3 Å². The highest BCUT2D eigenvalue weighted by atomic mass is 16.6. The van der Waals surface area contributed by atoms with Crippen LogP contribution in [-0.2, 0) is 4.74 Å². The molecule has 0 N–H and O–H groups in total. The van der Waals surface area contributed by atoms with Crippen LogP contribution in [0.2, 0.25) is 0 Å². The fraction of sp³-hybridized carbons (Fsp3) is 0.611. The van der Waals surface area contributed by atoms with Gasteiger partial charge >= 0.3 is 6.09 Å². The summed E-state index contributed by atoms with van der Waals surface area (Å²) >= 11 is 0. The number of ether oxygens (including phenoxy) is 3. The van der Waals surface area contributed by atoms with Crippen molar-refractivity contribution in [3.63, 3.8) is 0 Å². The van der Waals surface area contributed by atoms with Crippen LogP contribution in [0.5, 0.6) is 11.5 Å². The molecule has 1 aromatic carbocycles. The number of piperidine rings is 1. The minimum atomic E-state index is -0.444. The summed E-state index contributed by atoms with van der Waals surface area (Å²) in [7, 11) is 1.64. The fourth-order valence-electron chi connectivity index (χ4n) is 2.55. The van der Waals surface area contributed by atoms with Gasteiger partial charge in [0.05, 0.1) is 13.7 Å². The summed E-state index contributed by atoms with van der Waals surface area (Å²) in [5, 5.41) is 0. The SMILES string of the molecule is COc1ccccc1OCC1CCN(C(=O)OC(C)(C)C)CC1. The van der Waals surface area contributed by atoms with Crippen molar-refractivity contribution in [2.45, 2.75) is 39.2 Å². The van der Waals surface area contributed by atoms with Crippen LogP contribution in [-0.4, -0.2) is 43.4 Å². The number of carbonyl (C=O) groups is 1. The fourth-order valence-corrected chi connectivity index (χ4v) is 2.55. The molecule has 1 amide bonds. The summed E-state index contributed by atoms with van der Waals surface area (Å²) in [6.07, 6.45) is 1.63. The molecule has 1 aliphatic heterocycles. The number of hydrogen-bond donors (Lipinski definition) is 0. The van der Waals surface area contributed by atoms with E-state index in [0.717, 1.165) is 37.4 Å². The first kappa shape index (κ1) is 17.4. The lowest BCUT2D eigenvalue weighted by Crippen LogP contribution is -2.42. The summed E-state index contributed by atoms with van der Waals surface area (Å²) in [6, 6.07) is 7.66. The van der Waals surface area contributed by atoms with Crippen LogP contribution in [0.4, 0.5) is 4.79 Å². The first-order valence-corrected chi connectivity index (χ1v) is 8.13. The van der Waals surface area contributed by atoms with Crippen molar-refractivity contribution in [1.29, 1.82) is 0 Å². The number of amides is 1. The van der Waals surface area contributed by atoms with Gasteiger partial charge in [-0.05, 0) is 51.7 Å². The van der Waals surface area contributed by atoms with Crippen LogP contribution in [0, 0.1) is 5.92 Å². The topological polar surface area (TPSA) is 48.0 Å². The van der Waals surface area contributed by atoms with Crippen LogP contribution in [0.1, 0.15) is 33.6 Å². The Kier molecular flexibility index (Phi) is 5.74. The highest BCUT2D eigenvalue weighted by Gasteiger charge is 2.27. The average Bonchev–Trinajstić information content (AvgIpc) is 2.52. The molecular formula is C18H27NO4. The lowest BCUT2D eigenvalue weighted by atomic mass is 9.98. The number of rotatable bonds is 4. The van der Waals surface area contributed by atoms with Crippen LogP contribution in [0.3, 0.4) is 0 Å². The average molecular weight is 321 g/mol. The van der Waals surface area contributed by atoms with Gasteiger partial charge in [0.2, 0.25) is 0 Å². The van der Waals surface area contributed by atoms with E-state index in [1.807, 2.05) is 45.0 Å². The smallest absolute Gasteiger partial charge is 0.410 e. The maximum atomic E-state index is 12.0. The molecule has 5 heteroatoms. The van der Waals surface area contributed by atoms with E-state index in [-0.39, 0.29) is 6.09 Å². The number of nitrogens with zero attached hydrogens (tertiary/aromatic N) is 1. The third kappa shape index (κ3) is 5.34. The Morgan fingerprint density at radius 2 is 1.78 bits per heavy atom. The van der Waals surface area contributed by atoms with Gasteiger partial charge in [0.25, 0.3) is 0 Å². The predicted molar refractivity (Wildman–Crippen MR) is 89.0 cm³/mol. The number of para-hydroxylation sites is 2. The largest absolute Gasteiger partial charge is 0.493 e. The third-order valence-electron chi connectivity index (χ3n) is 3.81. The molecule has 5 nitrogen and oxygen atoms in total. The van der Waals surface area contributed by atoms with Crippen molar-refractivity contribution in [2.75, 3.05) is 26.8 Å². The second kappa shape index (κ2) is 7.57. The van der Waals surface area contributed by atoms with E-state index in [1.165, 1.54) is 0 Å². The van der Waals surface area contributed by atoms with Crippen molar-refractivity contribution >= 4 is 6.09 Å². The number of carbonyl (C=O) groups excluding carboxylic acids is 1. The third-order valence-corrected chi connectivity index (χ3v) is 3.81. The quantitative estimate of drug-likeness (QED) is 0.848. The van der Waals surface area contributed by atoms with Crippen LogP contribution < -0.4 is 9.47 Å². The Morgan fingerprint density at radius 3 is 2.35 bits per heavy atom. The van der Waals surface area contributed by atoms with Gasteiger partial charge in [-0.15, -0.1) is 0 Å². The van der Waals surface area contributed by atoms with Crippen LogP contribution >= 0.6 is 0 Å². The monoisotopic (exact) mass is 321 g/mol. The van der Waals surface area contributed by atoms with Gasteiger partial charge in [-0.1, -0.05) is 12.1 Å². The second-order valence-electron chi connectivity index (χ2n) is 6.87. The van der Waals surface area contributed by atoms with E-state index in [0.29, 0.717) is 12.5 Å². The first-order valence-electron chi connectivity index (χ1n) is 8.13. The molecule has 0 unspecified atom stereocenters. The van der Waals surface area contributed by atoms with E-state index < -0.39 is 5.60 Å². The Bertz CT molecular complexity index is 516. The van der Waals surface area contributed by atoms with Gasteiger partial charge < -0.3 is 19.1 Å². The summed E-state index contributed by atoms with van der Waals surface area (Å²) in [5.74, 6) is 1.96. The highest BCUT2D eigenvalue weighted by molar-refractivity contribution is 5.68. The van der Waals surface area contributed by atoms with Gasteiger partial charge in [-0.3, -0.25) is 0 Å². The van der Waals surface area contributed by atoms with Gasteiger partial charge in [0.15, 0.2) is 11.5 Å². The van der Waals surface area contributed by atoms with E-state index >= 15 is 0 Å². The molecule has 0 saturated carbocycles. The van der Waals surface area contributed by atoms with E-state index in [4.69, 9.17) is 14.2 Å². The normalized spacial score (nSPS) is 16.1. The molecule has 1 fully saturated rings. The van der Waals surface area contributed by atoms with Crippen molar-refractivity contribution in [2.24, 2.45) is 5.92 Å². The van der Waals surface area contributed by atoms with E-state index in [9.17, 15) is 4.79 Å². The lowest BCUT2D eigenvalue weighted by Gasteiger charge is -2.33. The van der Waals surface area contributed by atoms with E-state index in [1.54, 1.807) is 12.0 Å². The molecule has 0 aromatic heterocycles. The lowest BCUT2D eigenvalue weighted by molar-refractivity contribution is 0.0164. The number of benzene rings is 1. The van der Waals surface area contributed by atoms with Gasteiger partial charge in [0, 0.05) is 13.1 Å². The number of methoxy groups -OCH3 is 1. The molecule has 0 aliphatic carbocycles. The van der Waals surface area contributed by atoms with Crippen molar-refractivity contribution < 1.29 is 19.0 Å². The molecule has 0 atom stereocenters. The molecule has 1 aromatic rings. The maximum Gasteiger partial charge on any atom is 0.410 e. The van der Waals surface area contributed by atoms with Gasteiger partial charge in [-0.2, -0.15) is 0 Å². The summed E-state index contributed by atoms with van der Waals surface area (Å²) in [4.78, 5) is 13.8. The number of hydrogen-bond acceptors (Lipinski definition) is 4. The molecular weight excluding hydrogens is 294 g/mol. The zero-order valence-corrected chi connectivity index (χ0v) is 14.5. The molecule has 1 heterocycles. The minimum absolute atomic E-state index is 0.221. The van der Waals surface area contributed by atoms with Crippen LogP contribution in [0.25, 0.3) is 0 Å². The van der Waals surface area contributed by atoms with Crippen molar-refractivity contribution in [3.05, 3.63) is 24.3 Å². The zero-order chi connectivity index (χ0) is 16.9. The minimum Gasteiger partial charge on any atom is -0.493 e. The number of likely N-dealkylation sites (tertiary alicyclic amines) is 1. The Labute approximate surface area is 138 Å². The van der Waals surface area contributed by atoms with Crippen molar-refractivity contribution in [1.82, 2.24) is 4.90 Å². The van der Waals surface area contributed by atoms with E-state index in [2.05, 4.69) is 0 Å². The summed E-state index contributed by atoms with van der Waals surface area (Å²) in [6.45, 7) is 7.74. The Morgan fingerprint density at radius 1 is 1.17 bits per heavy atom. The van der Waals surface area contributed by atoms with Crippen molar-refractivity contribution in [3.8, 4) is 11.5 Å². The summed E-state index contributed by atoms with van der Waals surface area (Å²) in [5.41, 5.74) is -0.444. The maximum absolute atomic E-state index is 12.0. The molecule has 128 valence electrons. The molecule has 23 heavy (non-hydrogen) atoms. The summed E-state index contributed by atoms with van der Waals surface area (Å²) < 4.78 is 16.6. The highest BCUT2D eigenvalue weighted by Crippen LogP contribution is 2.27. The Hall–Kier alpha value is -1.91. The molecule has 1 aliphatic rings. The molecule has 0 spiro atoms. The van der Waals surface area contributed by atoms with Gasteiger partial charge in [-0.25, -0.2) is 4.79 Å². The zero-order valence-electron chi connectivity index (χ0n) is 14.5. The molecule has 1 saturated heterocycles. The standard InChI is InChI=1S/C18H27NO4/c1-18(2,3)23-17(20)19-11-9-14(10-12-19)13-22-16-8-6-5-7-15(16)21-4/h5-8,14H,9-13H2,1-4H3. The molecule has 0 radical (unpaired) electrons. The second-order valence-corrected chi connectivity index (χ2v) is 6.87. The molecule has 0 bridgehead atoms. The first-order chi connectivity index (χ1) is 10.9. The Balaban J connectivity index is 1.78. The predicted octanol–water partition coefficient (Wildman–Crippen LogP) is 3.72. The van der Waals surface area contributed by atoms with Gasteiger partial charge in [0.1, 0.15) is 5.60 Å². The molecule has 2 rings (SSSR count).